The maximum absolute atomic E-state index is 13.6. The van der Waals surface area contributed by atoms with Crippen LogP contribution in [0.15, 0.2) is 42.7 Å². The summed E-state index contributed by atoms with van der Waals surface area (Å²) in [5.41, 5.74) is 3.62. The second-order valence-corrected chi connectivity index (χ2v) is 9.90. The number of carbonyl (C=O) groups excluding carboxylic acids is 1. The second kappa shape index (κ2) is 9.24. The highest BCUT2D eigenvalue weighted by atomic mass is 16.7. The molecule has 2 atom stereocenters. The van der Waals surface area contributed by atoms with Gasteiger partial charge in [0.05, 0.1) is 24.0 Å². The normalized spacial score (nSPS) is 21.6. The zero-order chi connectivity index (χ0) is 25.6. The van der Waals surface area contributed by atoms with Gasteiger partial charge in [0, 0.05) is 36.7 Å². The van der Waals surface area contributed by atoms with E-state index in [1.54, 1.807) is 23.4 Å². The second-order valence-electron chi connectivity index (χ2n) is 9.90. The Bertz CT molecular complexity index is 1330. The number of anilines is 3. The van der Waals surface area contributed by atoms with Gasteiger partial charge in [0.1, 0.15) is 18.5 Å². The van der Waals surface area contributed by atoms with Crippen LogP contribution in [0.4, 0.5) is 22.1 Å². The fourth-order valence-corrected chi connectivity index (χ4v) is 5.00. The van der Waals surface area contributed by atoms with Gasteiger partial charge in [-0.05, 0) is 57.5 Å². The lowest BCUT2D eigenvalue weighted by atomic mass is 10.1. The van der Waals surface area contributed by atoms with E-state index in [-0.39, 0.29) is 30.8 Å². The molecule has 11 nitrogen and oxygen atoms in total. The number of carbonyl (C=O) groups is 1. The van der Waals surface area contributed by atoms with Gasteiger partial charge in [-0.15, -0.1) is 0 Å². The lowest BCUT2D eigenvalue weighted by Gasteiger charge is -2.35. The molecule has 0 radical (unpaired) electrons. The molecule has 1 unspecified atom stereocenters. The lowest BCUT2D eigenvalue weighted by Crippen LogP contribution is -2.48. The van der Waals surface area contributed by atoms with Crippen molar-refractivity contribution in [1.82, 2.24) is 19.9 Å². The number of amides is 2. The molecular weight excluding hydrogens is 474 g/mol. The first-order valence-electron chi connectivity index (χ1n) is 12.4. The van der Waals surface area contributed by atoms with E-state index >= 15 is 0 Å². The molecule has 0 aliphatic carbocycles. The number of fused-ring (bicyclic) bond motifs is 4. The standard InChI is InChI=1S/C26H29N7O4/c1-16-12-17(6-9-27-16)20-4-5-21-23(29-20)33(18-8-11-32(21)13-18)25(34)31-22-7-10-28-24(30-22)35-14-19-15-36-26(2,3)37-19/h4-7,9-10,12,18-19H,8,11,13-15H2,1-3H3,(H,28,30,31,34)/t18-,19?/m0/s1. The van der Waals surface area contributed by atoms with Crippen LogP contribution in [0.25, 0.3) is 11.3 Å². The Morgan fingerprint density at radius 2 is 2.05 bits per heavy atom. The molecule has 2 fully saturated rings. The molecule has 0 aromatic carbocycles. The summed E-state index contributed by atoms with van der Waals surface area (Å²) in [4.78, 5) is 35.4. The predicted octanol–water partition coefficient (Wildman–Crippen LogP) is 3.40. The van der Waals surface area contributed by atoms with Crippen molar-refractivity contribution in [2.75, 3.05) is 41.4 Å². The predicted molar refractivity (Wildman–Crippen MR) is 137 cm³/mol. The molecule has 2 amide bonds. The Morgan fingerprint density at radius 1 is 1.19 bits per heavy atom. The number of aromatic nitrogens is 4. The van der Waals surface area contributed by atoms with E-state index in [0.717, 1.165) is 42.1 Å². The highest BCUT2D eigenvalue weighted by molar-refractivity contribution is 6.04. The summed E-state index contributed by atoms with van der Waals surface area (Å²) < 4.78 is 17.0. The number of nitrogens with one attached hydrogen (secondary N) is 1. The summed E-state index contributed by atoms with van der Waals surface area (Å²) in [5.74, 6) is 0.363. The van der Waals surface area contributed by atoms with E-state index < -0.39 is 5.79 Å². The molecule has 1 N–H and O–H groups in total. The van der Waals surface area contributed by atoms with Gasteiger partial charge in [-0.1, -0.05) is 0 Å². The van der Waals surface area contributed by atoms with Gasteiger partial charge < -0.3 is 19.1 Å². The molecule has 11 heteroatoms. The summed E-state index contributed by atoms with van der Waals surface area (Å²) in [6.45, 7) is 8.00. The van der Waals surface area contributed by atoms with Gasteiger partial charge in [-0.2, -0.15) is 4.98 Å². The van der Waals surface area contributed by atoms with Crippen LogP contribution in [0.5, 0.6) is 6.01 Å². The van der Waals surface area contributed by atoms with Crippen molar-refractivity contribution in [3.63, 3.8) is 0 Å². The van der Waals surface area contributed by atoms with Gasteiger partial charge in [0.2, 0.25) is 0 Å². The largest absolute Gasteiger partial charge is 0.461 e. The monoisotopic (exact) mass is 503 g/mol. The minimum atomic E-state index is -0.630. The Labute approximate surface area is 214 Å². The molecule has 37 heavy (non-hydrogen) atoms. The molecule has 3 aliphatic rings. The SMILES string of the molecule is Cc1cc(-c2ccc3c(n2)N(C(=O)Nc2ccnc(OCC4COC(C)(C)O4)n2)[C@H]2CCN3C2)ccn1. The van der Waals surface area contributed by atoms with E-state index in [1.807, 2.05) is 45.0 Å². The average molecular weight is 504 g/mol. The summed E-state index contributed by atoms with van der Waals surface area (Å²) in [7, 11) is 0. The number of pyridine rings is 2. The zero-order valence-electron chi connectivity index (χ0n) is 21.0. The van der Waals surface area contributed by atoms with Crippen LogP contribution >= 0.6 is 0 Å². The maximum Gasteiger partial charge on any atom is 0.329 e. The highest BCUT2D eigenvalue weighted by Gasteiger charge is 2.40. The minimum absolute atomic E-state index is 0.0230. The van der Waals surface area contributed by atoms with Crippen LogP contribution in [0.1, 0.15) is 26.0 Å². The maximum atomic E-state index is 13.6. The van der Waals surface area contributed by atoms with Crippen molar-refractivity contribution >= 4 is 23.4 Å². The quantitative estimate of drug-likeness (QED) is 0.559. The fraction of sp³-hybridized carbons (Fsp3) is 0.423. The fourth-order valence-electron chi connectivity index (χ4n) is 5.00. The highest BCUT2D eigenvalue weighted by Crippen LogP contribution is 2.40. The number of nitrogens with zero attached hydrogens (tertiary/aromatic N) is 6. The molecule has 0 spiro atoms. The van der Waals surface area contributed by atoms with Crippen molar-refractivity contribution < 1.29 is 19.0 Å². The molecular formula is C26H29N7O4. The first-order chi connectivity index (χ1) is 17.8. The Kier molecular flexibility index (Phi) is 5.88. The molecule has 3 aromatic rings. The van der Waals surface area contributed by atoms with Crippen molar-refractivity contribution in [1.29, 1.82) is 0 Å². The average Bonchev–Trinajstić information content (AvgIpc) is 3.46. The first-order valence-corrected chi connectivity index (χ1v) is 12.4. The van der Waals surface area contributed by atoms with E-state index in [9.17, 15) is 4.79 Å². The smallest absolute Gasteiger partial charge is 0.329 e. The van der Waals surface area contributed by atoms with Crippen molar-refractivity contribution in [3.05, 3.63) is 48.4 Å². The number of hydrogen-bond acceptors (Lipinski definition) is 9. The number of aryl methyl sites for hydroxylation is 1. The van der Waals surface area contributed by atoms with Gasteiger partial charge in [-0.3, -0.25) is 15.2 Å². The lowest BCUT2D eigenvalue weighted by molar-refractivity contribution is -0.141. The Balaban J connectivity index is 1.21. The third-order valence-corrected chi connectivity index (χ3v) is 6.70. The Morgan fingerprint density at radius 3 is 2.86 bits per heavy atom. The van der Waals surface area contributed by atoms with Crippen LogP contribution in [0.2, 0.25) is 0 Å². The molecule has 2 saturated heterocycles. The van der Waals surface area contributed by atoms with Gasteiger partial charge in [-0.25, -0.2) is 14.8 Å². The van der Waals surface area contributed by atoms with Crippen LogP contribution in [0.3, 0.4) is 0 Å². The third-order valence-electron chi connectivity index (χ3n) is 6.70. The molecule has 6 rings (SSSR count). The van der Waals surface area contributed by atoms with Gasteiger partial charge in [0.15, 0.2) is 11.6 Å². The molecule has 2 bridgehead atoms. The first kappa shape index (κ1) is 23.6. The summed E-state index contributed by atoms with van der Waals surface area (Å²) in [6.07, 6.45) is 3.98. The summed E-state index contributed by atoms with van der Waals surface area (Å²) >= 11 is 0. The molecule has 192 valence electrons. The van der Waals surface area contributed by atoms with Crippen molar-refractivity contribution in [3.8, 4) is 17.3 Å². The minimum Gasteiger partial charge on any atom is -0.461 e. The van der Waals surface area contributed by atoms with E-state index in [1.165, 1.54) is 0 Å². The van der Waals surface area contributed by atoms with Crippen LogP contribution in [-0.4, -0.2) is 70.2 Å². The van der Waals surface area contributed by atoms with Gasteiger partial charge >= 0.3 is 12.0 Å². The molecule has 3 aliphatic heterocycles. The van der Waals surface area contributed by atoms with Crippen LogP contribution < -0.4 is 19.9 Å². The number of hydrogen-bond donors (Lipinski definition) is 1. The molecule has 0 saturated carbocycles. The topological polar surface area (TPSA) is 115 Å². The van der Waals surface area contributed by atoms with Crippen molar-refractivity contribution in [2.45, 2.75) is 45.1 Å². The molecule has 3 aromatic heterocycles. The van der Waals surface area contributed by atoms with Crippen LogP contribution in [0, 0.1) is 6.92 Å². The summed E-state index contributed by atoms with van der Waals surface area (Å²) in [5, 5.41) is 2.92. The van der Waals surface area contributed by atoms with E-state index in [4.69, 9.17) is 19.2 Å². The van der Waals surface area contributed by atoms with Gasteiger partial charge in [0.25, 0.3) is 0 Å². The van der Waals surface area contributed by atoms with Crippen molar-refractivity contribution in [2.24, 2.45) is 0 Å². The Hall–Kier alpha value is -3.83. The number of rotatable bonds is 5. The number of urea groups is 1. The molecule has 6 heterocycles. The van der Waals surface area contributed by atoms with E-state index in [0.29, 0.717) is 18.2 Å². The van der Waals surface area contributed by atoms with Crippen LogP contribution in [-0.2, 0) is 9.47 Å². The third kappa shape index (κ3) is 4.79. The van der Waals surface area contributed by atoms with E-state index in [2.05, 4.69) is 25.2 Å². The number of ether oxygens (including phenoxy) is 3. The summed E-state index contributed by atoms with van der Waals surface area (Å²) in [6, 6.07) is 9.48. The zero-order valence-corrected chi connectivity index (χ0v) is 21.0.